The highest BCUT2D eigenvalue weighted by Crippen LogP contribution is 2.22. The van der Waals surface area contributed by atoms with Crippen molar-refractivity contribution in [1.82, 2.24) is 4.98 Å². The van der Waals surface area contributed by atoms with Crippen LogP contribution >= 0.6 is 0 Å². The van der Waals surface area contributed by atoms with E-state index >= 15 is 0 Å². The molecule has 0 spiro atoms. The summed E-state index contributed by atoms with van der Waals surface area (Å²) in [6, 6.07) is 1.90. The second kappa shape index (κ2) is 4.31. The molecule has 0 atom stereocenters. The van der Waals surface area contributed by atoms with Gasteiger partial charge in [-0.1, -0.05) is 20.8 Å². The van der Waals surface area contributed by atoms with Crippen LogP contribution in [0.4, 0.5) is 11.4 Å². The lowest BCUT2D eigenvalue weighted by molar-refractivity contribution is 0.377. The number of hydrogen-bond donors (Lipinski definition) is 2. The van der Waals surface area contributed by atoms with Gasteiger partial charge in [-0.25, -0.2) is 0 Å². The summed E-state index contributed by atoms with van der Waals surface area (Å²) in [5.41, 5.74) is 7.75. The lowest BCUT2D eigenvalue weighted by Gasteiger charge is -2.23. The fourth-order valence-electron chi connectivity index (χ4n) is 1.03. The monoisotopic (exact) mass is 193 g/mol. The highest BCUT2D eigenvalue weighted by atomic mass is 14.9. The van der Waals surface area contributed by atoms with Crippen molar-refractivity contribution in [3.8, 4) is 0 Å². The summed E-state index contributed by atoms with van der Waals surface area (Å²) < 4.78 is 0. The predicted molar refractivity (Wildman–Crippen MR) is 61.2 cm³/mol. The second-order valence-corrected chi connectivity index (χ2v) is 4.33. The Kier molecular flexibility index (Phi) is 3.33. The van der Waals surface area contributed by atoms with Gasteiger partial charge in [-0.15, -0.1) is 0 Å². The van der Waals surface area contributed by atoms with E-state index in [1.165, 1.54) is 0 Å². The summed E-state index contributed by atoms with van der Waals surface area (Å²) in [4.78, 5) is 3.94. The molecule has 1 rings (SSSR count). The van der Waals surface area contributed by atoms with Crippen LogP contribution in [0.1, 0.15) is 27.2 Å². The SMILES string of the molecule is CCC(C)(C)CNc1ccncc1N. The van der Waals surface area contributed by atoms with Crippen molar-refractivity contribution in [2.75, 3.05) is 17.6 Å². The molecule has 1 aromatic rings. The van der Waals surface area contributed by atoms with Crippen LogP contribution in [0.2, 0.25) is 0 Å². The molecule has 0 radical (unpaired) electrons. The Morgan fingerprint density at radius 2 is 2.21 bits per heavy atom. The van der Waals surface area contributed by atoms with E-state index < -0.39 is 0 Å². The second-order valence-electron chi connectivity index (χ2n) is 4.33. The Morgan fingerprint density at radius 1 is 1.50 bits per heavy atom. The molecule has 3 N–H and O–H groups in total. The molecule has 3 heteroatoms. The molecule has 0 aromatic carbocycles. The van der Waals surface area contributed by atoms with Crippen molar-refractivity contribution >= 4 is 11.4 Å². The standard InChI is InChI=1S/C11H19N3/c1-4-11(2,3)8-14-10-5-6-13-7-9(10)12/h5-7H,4,8,12H2,1-3H3,(H,13,14). The zero-order valence-electron chi connectivity index (χ0n) is 9.17. The summed E-state index contributed by atoms with van der Waals surface area (Å²) >= 11 is 0. The van der Waals surface area contributed by atoms with Crippen LogP contribution in [0.5, 0.6) is 0 Å². The smallest absolute Gasteiger partial charge is 0.0736 e. The van der Waals surface area contributed by atoms with Crippen molar-refractivity contribution < 1.29 is 0 Å². The van der Waals surface area contributed by atoms with Crippen LogP contribution in [-0.2, 0) is 0 Å². The molecule has 0 aliphatic rings. The first-order chi connectivity index (χ1) is 6.55. The number of aromatic nitrogens is 1. The molecular weight excluding hydrogens is 174 g/mol. The molecule has 0 amide bonds. The summed E-state index contributed by atoms with van der Waals surface area (Å²) in [5, 5.41) is 3.34. The molecule has 14 heavy (non-hydrogen) atoms. The minimum atomic E-state index is 0.301. The van der Waals surface area contributed by atoms with Crippen molar-refractivity contribution in [1.29, 1.82) is 0 Å². The van der Waals surface area contributed by atoms with Gasteiger partial charge in [0.2, 0.25) is 0 Å². The fraction of sp³-hybridized carbons (Fsp3) is 0.545. The first kappa shape index (κ1) is 10.8. The minimum absolute atomic E-state index is 0.301. The zero-order chi connectivity index (χ0) is 10.6. The van der Waals surface area contributed by atoms with Gasteiger partial charge in [0.25, 0.3) is 0 Å². The highest BCUT2D eigenvalue weighted by Gasteiger charge is 2.14. The number of nitrogens with zero attached hydrogens (tertiary/aromatic N) is 1. The van der Waals surface area contributed by atoms with Crippen LogP contribution in [0.15, 0.2) is 18.5 Å². The number of pyridine rings is 1. The van der Waals surface area contributed by atoms with Gasteiger partial charge in [0, 0.05) is 12.7 Å². The molecule has 78 valence electrons. The molecule has 3 nitrogen and oxygen atoms in total. The van der Waals surface area contributed by atoms with Crippen LogP contribution < -0.4 is 11.1 Å². The molecule has 0 bridgehead atoms. The van der Waals surface area contributed by atoms with E-state index in [0.717, 1.165) is 18.7 Å². The maximum absolute atomic E-state index is 5.77. The number of nitrogens with two attached hydrogens (primary N) is 1. The Morgan fingerprint density at radius 3 is 2.79 bits per heavy atom. The number of nitrogen functional groups attached to an aromatic ring is 1. The minimum Gasteiger partial charge on any atom is -0.396 e. The van der Waals surface area contributed by atoms with Crippen molar-refractivity contribution in [3.63, 3.8) is 0 Å². The third-order valence-electron chi connectivity index (χ3n) is 2.57. The molecule has 0 unspecified atom stereocenters. The van der Waals surface area contributed by atoms with E-state index in [4.69, 9.17) is 5.73 Å². The Bertz CT molecular complexity index is 294. The molecule has 1 aromatic heterocycles. The highest BCUT2D eigenvalue weighted by molar-refractivity contribution is 5.64. The predicted octanol–water partition coefficient (Wildman–Crippen LogP) is 2.51. The maximum atomic E-state index is 5.77. The molecular formula is C11H19N3. The number of anilines is 2. The van der Waals surface area contributed by atoms with Gasteiger partial charge in [0.15, 0.2) is 0 Å². The quantitative estimate of drug-likeness (QED) is 0.772. The summed E-state index contributed by atoms with van der Waals surface area (Å²) in [6.45, 7) is 7.59. The largest absolute Gasteiger partial charge is 0.396 e. The van der Waals surface area contributed by atoms with Crippen molar-refractivity contribution in [2.45, 2.75) is 27.2 Å². The van der Waals surface area contributed by atoms with E-state index in [2.05, 4.69) is 31.1 Å². The summed E-state index contributed by atoms with van der Waals surface area (Å²) in [7, 11) is 0. The van der Waals surface area contributed by atoms with Crippen LogP contribution in [0.25, 0.3) is 0 Å². The molecule has 0 saturated heterocycles. The maximum Gasteiger partial charge on any atom is 0.0736 e. The van der Waals surface area contributed by atoms with Crippen LogP contribution in [0, 0.1) is 5.41 Å². The van der Waals surface area contributed by atoms with Crippen molar-refractivity contribution in [3.05, 3.63) is 18.5 Å². The van der Waals surface area contributed by atoms with Gasteiger partial charge >= 0.3 is 0 Å². The van der Waals surface area contributed by atoms with E-state index in [1.54, 1.807) is 12.4 Å². The van der Waals surface area contributed by atoms with Gasteiger partial charge in [0.05, 0.1) is 17.6 Å². The first-order valence-corrected chi connectivity index (χ1v) is 4.98. The molecule has 0 aliphatic carbocycles. The molecule has 0 aliphatic heterocycles. The Hall–Kier alpha value is -1.25. The topological polar surface area (TPSA) is 50.9 Å². The zero-order valence-corrected chi connectivity index (χ0v) is 9.17. The fourth-order valence-corrected chi connectivity index (χ4v) is 1.03. The molecule has 0 saturated carbocycles. The van der Waals surface area contributed by atoms with Gasteiger partial charge in [-0.3, -0.25) is 4.98 Å². The van der Waals surface area contributed by atoms with Gasteiger partial charge in [-0.2, -0.15) is 0 Å². The Balaban J connectivity index is 2.58. The average Bonchev–Trinajstić information content (AvgIpc) is 2.17. The van der Waals surface area contributed by atoms with E-state index in [9.17, 15) is 0 Å². The number of hydrogen-bond acceptors (Lipinski definition) is 3. The number of nitrogens with one attached hydrogen (secondary N) is 1. The van der Waals surface area contributed by atoms with Crippen LogP contribution in [-0.4, -0.2) is 11.5 Å². The van der Waals surface area contributed by atoms with Gasteiger partial charge < -0.3 is 11.1 Å². The van der Waals surface area contributed by atoms with Crippen LogP contribution in [0.3, 0.4) is 0 Å². The Labute approximate surface area is 85.7 Å². The number of rotatable bonds is 4. The first-order valence-electron chi connectivity index (χ1n) is 4.98. The van der Waals surface area contributed by atoms with E-state index in [1.807, 2.05) is 6.07 Å². The van der Waals surface area contributed by atoms with Crippen molar-refractivity contribution in [2.24, 2.45) is 5.41 Å². The van der Waals surface area contributed by atoms with E-state index in [-0.39, 0.29) is 0 Å². The lowest BCUT2D eigenvalue weighted by atomic mass is 9.90. The average molecular weight is 193 g/mol. The third kappa shape index (κ3) is 2.91. The lowest BCUT2D eigenvalue weighted by Crippen LogP contribution is -2.22. The third-order valence-corrected chi connectivity index (χ3v) is 2.57. The van der Waals surface area contributed by atoms with E-state index in [0.29, 0.717) is 11.1 Å². The summed E-state index contributed by atoms with van der Waals surface area (Å²) in [6.07, 6.45) is 4.56. The van der Waals surface area contributed by atoms with Gasteiger partial charge in [0.1, 0.15) is 0 Å². The molecule has 1 heterocycles. The molecule has 0 fully saturated rings. The normalized spacial score (nSPS) is 11.4. The summed E-state index contributed by atoms with van der Waals surface area (Å²) in [5.74, 6) is 0. The van der Waals surface area contributed by atoms with Gasteiger partial charge in [-0.05, 0) is 17.9 Å².